The van der Waals surface area contributed by atoms with Crippen LogP contribution >= 0.6 is 0 Å². The Morgan fingerprint density at radius 3 is 3.00 bits per heavy atom. The van der Waals surface area contributed by atoms with Crippen molar-refractivity contribution in [2.75, 3.05) is 12.0 Å². The van der Waals surface area contributed by atoms with Gasteiger partial charge >= 0.3 is 0 Å². The summed E-state index contributed by atoms with van der Waals surface area (Å²) in [7, 11) is 0. The number of amides is 1. The summed E-state index contributed by atoms with van der Waals surface area (Å²) < 4.78 is 1.69. The molecule has 0 fully saturated rings. The summed E-state index contributed by atoms with van der Waals surface area (Å²) in [5, 5.41) is 10.1. The van der Waals surface area contributed by atoms with E-state index in [1.54, 1.807) is 29.1 Å². The van der Waals surface area contributed by atoms with Gasteiger partial charge in [-0.15, -0.1) is 0 Å². The Morgan fingerprint density at radius 2 is 2.27 bits per heavy atom. The van der Waals surface area contributed by atoms with Gasteiger partial charge in [0.15, 0.2) is 0 Å². The molecular formula is C10H11N3O2. The van der Waals surface area contributed by atoms with Crippen LogP contribution in [0.25, 0.3) is 10.9 Å². The number of aromatic nitrogens is 1. The fourth-order valence-corrected chi connectivity index (χ4v) is 1.43. The van der Waals surface area contributed by atoms with Crippen LogP contribution in [0.5, 0.6) is 5.75 Å². The number of nitrogens with zero attached hydrogens (tertiary/aromatic N) is 1. The Labute approximate surface area is 86.1 Å². The molecule has 0 aliphatic heterocycles. The number of nitrogens with one attached hydrogen (secondary N) is 1. The van der Waals surface area contributed by atoms with Gasteiger partial charge in [0, 0.05) is 11.6 Å². The van der Waals surface area contributed by atoms with Gasteiger partial charge < -0.3 is 16.3 Å². The lowest BCUT2D eigenvalue weighted by atomic mass is 10.2. The van der Waals surface area contributed by atoms with E-state index >= 15 is 0 Å². The minimum atomic E-state index is -0.421. The number of benzene rings is 1. The van der Waals surface area contributed by atoms with E-state index in [4.69, 9.17) is 5.73 Å². The van der Waals surface area contributed by atoms with Gasteiger partial charge in [-0.3, -0.25) is 9.47 Å². The molecule has 1 aromatic carbocycles. The second-order valence-corrected chi connectivity index (χ2v) is 3.23. The molecule has 0 saturated heterocycles. The largest absolute Gasteiger partial charge is 0.508 e. The fraction of sp³-hybridized carbons (Fsp3) is 0.100. The molecule has 0 bridgehead atoms. The van der Waals surface area contributed by atoms with Gasteiger partial charge in [-0.25, -0.2) is 0 Å². The summed E-state index contributed by atoms with van der Waals surface area (Å²) in [6.07, 6.45) is 1.77. The summed E-state index contributed by atoms with van der Waals surface area (Å²) in [4.78, 5) is 10.6. The number of carbonyl (C=O) groups excluding carboxylic acids is 1. The normalized spacial score (nSPS) is 10.4. The van der Waals surface area contributed by atoms with E-state index in [-0.39, 0.29) is 12.3 Å². The van der Waals surface area contributed by atoms with Crippen LogP contribution in [0.4, 0.5) is 0 Å². The smallest absolute Gasteiger partial charge is 0.238 e. The number of nitrogens with two attached hydrogens (primary N) is 1. The van der Waals surface area contributed by atoms with Crippen LogP contribution in [0.1, 0.15) is 0 Å². The molecule has 2 rings (SSSR count). The Balaban J connectivity index is 2.32. The molecule has 5 heteroatoms. The topological polar surface area (TPSA) is 80.3 Å². The van der Waals surface area contributed by atoms with Crippen molar-refractivity contribution >= 4 is 16.8 Å². The van der Waals surface area contributed by atoms with Crippen molar-refractivity contribution in [2.24, 2.45) is 5.73 Å². The predicted octanol–water partition coefficient (Wildman–Crippen LogP) is 0.376. The molecule has 1 amide bonds. The SMILES string of the molecule is NC(=O)CNn1ccc2cc(O)ccc21. The molecule has 0 spiro atoms. The predicted molar refractivity (Wildman–Crippen MR) is 57.0 cm³/mol. The van der Waals surface area contributed by atoms with Crippen molar-refractivity contribution in [3.63, 3.8) is 0 Å². The first-order chi connectivity index (χ1) is 7.16. The van der Waals surface area contributed by atoms with Crippen LogP contribution in [0.2, 0.25) is 0 Å². The van der Waals surface area contributed by atoms with E-state index in [9.17, 15) is 9.90 Å². The van der Waals surface area contributed by atoms with Crippen molar-refractivity contribution in [3.05, 3.63) is 30.5 Å². The zero-order valence-electron chi connectivity index (χ0n) is 7.97. The Morgan fingerprint density at radius 1 is 1.47 bits per heavy atom. The van der Waals surface area contributed by atoms with Crippen LogP contribution in [-0.2, 0) is 4.79 Å². The van der Waals surface area contributed by atoms with Crippen LogP contribution < -0.4 is 11.2 Å². The van der Waals surface area contributed by atoms with Gasteiger partial charge in [0.05, 0.1) is 5.52 Å². The van der Waals surface area contributed by atoms with E-state index in [2.05, 4.69) is 5.43 Å². The molecule has 2 aromatic rings. The lowest BCUT2D eigenvalue weighted by molar-refractivity contribution is -0.116. The first-order valence-electron chi connectivity index (χ1n) is 4.49. The number of rotatable bonds is 3. The van der Waals surface area contributed by atoms with Crippen molar-refractivity contribution in [1.82, 2.24) is 4.68 Å². The number of fused-ring (bicyclic) bond motifs is 1. The second-order valence-electron chi connectivity index (χ2n) is 3.23. The summed E-state index contributed by atoms with van der Waals surface area (Å²) >= 11 is 0. The maximum absolute atomic E-state index is 10.6. The number of phenolic OH excluding ortho intramolecular Hbond substituents is 1. The van der Waals surface area contributed by atoms with E-state index in [1.165, 1.54) is 0 Å². The Hall–Kier alpha value is -2.17. The quantitative estimate of drug-likeness (QED) is 0.677. The highest BCUT2D eigenvalue weighted by molar-refractivity contribution is 5.82. The second kappa shape index (κ2) is 3.53. The van der Waals surface area contributed by atoms with Gasteiger partial charge in [0.25, 0.3) is 0 Å². The molecule has 0 atom stereocenters. The first-order valence-corrected chi connectivity index (χ1v) is 4.49. The summed E-state index contributed by atoms with van der Waals surface area (Å²) in [6.45, 7) is 0.0741. The van der Waals surface area contributed by atoms with Crippen molar-refractivity contribution < 1.29 is 9.90 Å². The third-order valence-corrected chi connectivity index (χ3v) is 2.10. The van der Waals surface area contributed by atoms with Crippen LogP contribution in [0, 0.1) is 0 Å². The standard InChI is InChI=1S/C10H11N3O2/c11-10(15)6-12-13-4-3-7-5-8(14)1-2-9(7)13/h1-5,12,14H,6H2,(H2,11,15). The summed E-state index contributed by atoms with van der Waals surface area (Å²) in [5.74, 6) is -0.203. The lowest BCUT2D eigenvalue weighted by Crippen LogP contribution is -2.27. The number of hydrogen-bond donors (Lipinski definition) is 3. The molecule has 78 valence electrons. The average Bonchev–Trinajstić information content (AvgIpc) is 2.57. The number of phenols is 1. The maximum Gasteiger partial charge on any atom is 0.238 e. The zero-order chi connectivity index (χ0) is 10.8. The van der Waals surface area contributed by atoms with E-state index in [0.717, 1.165) is 10.9 Å². The molecule has 0 unspecified atom stereocenters. The molecule has 1 aromatic heterocycles. The Bertz CT molecular complexity index is 504. The first kappa shape index (κ1) is 9.39. The fourth-order valence-electron chi connectivity index (χ4n) is 1.43. The zero-order valence-corrected chi connectivity index (χ0v) is 7.97. The minimum absolute atomic E-state index is 0.0741. The monoisotopic (exact) mass is 205 g/mol. The summed E-state index contributed by atoms with van der Waals surface area (Å²) in [6, 6.07) is 6.84. The number of primary amides is 1. The maximum atomic E-state index is 10.6. The Kier molecular flexibility index (Phi) is 2.21. The van der Waals surface area contributed by atoms with Crippen LogP contribution in [-0.4, -0.2) is 22.2 Å². The number of carbonyl (C=O) groups is 1. The van der Waals surface area contributed by atoms with E-state index in [1.807, 2.05) is 6.07 Å². The molecular weight excluding hydrogens is 194 g/mol. The highest BCUT2D eigenvalue weighted by Crippen LogP contribution is 2.19. The highest BCUT2D eigenvalue weighted by atomic mass is 16.3. The molecule has 1 heterocycles. The molecule has 15 heavy (non-hydrogen) atoms. The van der Waals surface area contributed by atoms with Crippen LogP contribution in [0.3, 0.4) is 0 Å². The average molecular weight is 205 g/mol. The van der Waals surface area contributed by atoms with Crippen LogP contribution in [0.15, 0.2) is 30.5 Å². The van der Waals surface area contributed by atoms with Gasteiger partial charge in [0.1, 0.15) is 12.3 Å². The highest BCUT2D eigenvalue weighted by Gasteiger charge is 2.01. The number of aromatic hydroxyl groups is 1. The van der Waals surface area contributed by atoms with Crippen molar-refractivity contribution in [2.45, 2.75) is 0 Å². The van der Waals surface area contributed by atoms with E-state index < -0.39 is 5.91 Å². The van der Waals surface area contributed by atoms with Crippen molar-refractivity contribution in [3.8, 4) is 5.75 Å². The van der Waals surface area contributed by atoms with Crippen molar-refractivity contribution in [1.29, 1.82) is 0 Å². The van der Waals surface area contributed by atoms with Gasteiger partial charge in [-0.2, -0.15) is 0 Å². The molecule has 0 radical (unpaired) electrons. The minimum Gasteiger partial charge on any atom is -0.508 e. The summed E-state index contributed by atoms with van der Waals surface area (Å²) in [5.41, 5.74) is 8.75. The van der Waals surface area contributed by atoms with Gasteiger partial charge in [0.2, 0.25) is 5.91 Å². The number of hydrogen-bond acceptors (Lipinski definition) is 3. The molecule has 5 nitrogen and oxygen atoms in total. The lowest BCUT2D eigenvalue weighted by Gasteiger charge is -2.06. The molecule has 0 saturated carbocycles. The third kappa shape index (κ3) is 1.85. The molecule has 0 aliphatic carbocycles. The van der Waals surface area contributed by atoms with Gasteiger partial charge in [-0.05, 0) is 24.3 Å². The van der Waals surface area contributed by atoms with Gasteiger partial charge in [-0.1, -0.05) is 0 Å². The van der Waals surface area contributed by atoms with E-state index in [0.29, 0.717) is 0 Å². The molecule has 4 N–H and O–H groups in total. The third-order valence-electron chi connectivity index (χ3n) is 2.10. The molecule has 0 aliphatic rings.